The van der Waals surface area contributed by atoms with Crippen molar-refractivity contribution in [1.82, 2.24) is 0 Å². The van der Waals surface area contributed by atoms with E-state index < -0.39 is 11.9 Å². The Morgan fingerprint density at radius 2 is 1.38 bits per heavy atom. The first-order valence-corrected chi connectivity index (χ1v) is 3.58. The van der Waals surface area contributed by atoms with Crippen molar-refractivity contribution in [2.24, 2.45) is 0 Å². The van der Waals surface area contributed by atoms with E-state index in [1.807, 2.05) is 30.3 Å². The van der Waals surface area contributed by atoms with Crippen LogP contribution in [0.4, 0.5) is 0 Å². The quantitative estimate of drug-likeness (QED) is 0.625. The molecule has 5 heteroatoms. The third kappa shape index (κ3) is 6.83. The Balaban J connectivity index is 0.000000226. The van der Waals surface area contributed by atoms with Crippen LogP contribution in [0.2, 0.25) is 5.02 Å². The zero-order chi connectivity index (χ0) is 10.3. The number of hydrogen-bond donors (Lipinski definition) is 2. The van der Waals surface area contributed by atoms with Crippen LogP contribution in [0, 0.1) is 0 Å². The van der Waals surface area contributed by atoms with Crippen molar-refractivity contribution in [3.8, 4) is 0 Å². The molecule has 0 unspecified atom stereocenters. The maximum atomic E-state index is 9.10. The predicted molar refractivity (Wildman–Crippen MR) is 46.7 cm³/mol. The Bertz CT molecular complexity index is 271. The van der Waals surface area contributed by atoms with Gasteiger partial charge in [-0.05, 0) is 12.1 Å². The van der Waals surface area contributed by atoms with Gasteiger partial charge in [-0.3, -0.25) is 0 Å². The van der Waals surface area contributed by atoms with Gasteiger partial charge in [0.15, 0.2) is 0 Å². The topological polar surface area (TPSA) is 74.6 Å². The first-order valence-electron chi connectivity index (χ1n) is 3.21. The van der Waals surface area contributed by atoms with Gasteiger partial charge in [-0.15, -0.1) is 0 Å². The van der Waals surface area contributed by atoms with Crippen molar-refractivity contribution >= 4 is 23.5 Å². The van der Waals surface area contributed by atoms with Crippen LogP contribution in [0.15, 0.2) is 30.3 Å². The van der Waals surface area contributed by atoms with Crippen molar-refractivity contribution in [1.29, 1.82) is 0 Å². The summed E-state index contributed by atoms with van der Waals surface area (Å²) in [4.78, 5) is 18.2. The number of halogens is 1. The van der Waals surface area contributed by atoms with E-state index in [0.29, 0.717) is 0 Å². The SMILES string of the molecule is Clc1ccccc1.O=C(O)C(=O)O. The lowest BCUT2D eigenvalue weighted by molar-refractivity contribution is -0.159. The fourth-order valence-corrected chi connectivity index (χ4v) is 0.560. The first-order chi connectivity index (χ1) is 6.04. The van der Waals surface area contributed by atoms with E-state index in [4.69, 9.17) is 31.4 Å². The van der Waals surface area contributed by atoms with Crippen molar-refractivity contribution < 1.29 is 19.8 Å². The highest BCUT2D eigenvalue weighted by molar-refractivity contribution is 6.30. The van der Waals surface area contributed by atoms with Crippen LogP contribution in [0.1, 0.15) is 0 Å². The number of carboxylic acid groups (broad SMARTS) is 2. The fourth-order valence-electron chi connectivity index (χ4n) is 0.415. The molecule has 0 heterocycles. The van der Waals surface area contributed by atoms with Gasteiger partial charge < -0.3 is 10.2 Å². The Kier molecular flexibility index (Phi) is 5.30. The molecule has 1 aromatic rings. The maximum Gasteiger partial charge on any atom is 0.414 e. The van der Waals surface area contributed by atoms with Crippen LogP contribution in [0.3, 0.4) is 0 Å². The minimum Gasteiger partial charge on any atom is -0.473 e. The van der Waals surface area contributed by atoms with E-state index in [1.165, 1.54) is 0 Å². The molecule has 70 valence electrons. The summed E-state index contributed by atoms with van der Waals surface area (Å²) in [6, 6.07) is 9.44. The third-order valence-corrected chi connectivity index (χ3v) is 1.17. The Morgan fingerprint density at radius 3 is 1.54 bits per heavy atom. The van der Waals surface area contributed by atoms with E-state index in [-0.39, 0.29) is 0 Å². The molecule has 0 aliphatic rings. The number of hydrogen-bond acceptors (Lipinski definition) is 2. The molecule has 13 heavy (non-hydrogen) atoms. The number of rotatable bonds is 0. The van der Waals surface area contributed by atoms with Crippen LogP contribution in [0.25, 0.3) is 0 Å². The van der Waals surface area contributed by atoms with Crippen molar-refractivity contribution in [2.75, 3.05) is 0 Å². The zero-order valence-electron chi connectivity index (χ0n) is 6.48. The average molecular weight is 203 g/mol. The van der Waals surface area contributed by atoms with Crippen molar-refractivity contribution in [2.45, 2.75) is 0 Å². The number of benzene rings is 1. The minimum atomic E-state index is -1.82. The highest BCUT2D eigenvalue weighted by atomic mass is 35.5. The Morgan fingerprint density at radius 1 is 1.00 bits per heavy atom. The highest BCUT2D eigenvalue weighted by Crippen LogP contribution is 2.03. The summed E-state index contributed by atoms with van der Waals surface area (Å²) in [6.07, 6.45) is 0. The largest absolute Gasteiger partial charge is 0.473 e. The van der Waals surface area contributed by atoms with E-state index in [9.17, 15) is 0 Å². The molecule has 0 radical (unpaired) electrons. The summed E-state index contributed by atoms with van der Waals surface area (Å²) in [6.45, 7) is 0. The molecule has 1 aromatic carbocycles. The lowest BCUT2D eigenvalue weighted by Gasteiger charge is -1.80. The molecule has 0 aromatic heterocycles. The van der Waals surface area contributed by atoms with Crippen LogP contribution >= 0.6 is 11.6 Å². The second-order valence-corrected chi connectivity index (χ2v) is 2.34. The summed E-state index contributed by atoms with van der Waals surface area (Å²) in [5, 5.41) is 15.6. The average Bonchev–Trinajstić information content (AvgIpc) is 2.06. The smallest absolute Gasteiger partial charge is 0.414 e. The molecular weight excluding hydrogens is 196 g/mol. The molecule has 4 nitrogen and oxygen atoms in total. The molecular formula is C8H7ClO4. The second kappa shape index (κ2) is 6.02. The fraction of sp³-hybridized carbons (Fsp3) is 0. The van der Waals surface area contributed by atoms with Gasteiger partial charge >= 0.3 is 11.9 Å². The summed E-state index contributed by atoms with van der Waals surface area (Å²) in [5.74, 6) is -3.65. The van der Waals surface area contributed by atoms with Gasteiger partial charge in [0, 0.05) is 5.02 Å². The third-order valence-electron chi connectivity index (χ3n) is 0.916. The molecule has 0 atom stereocenters. The van der Waals surface area contributed by atoms with Gasteiger partial charge in [0.2, 0.25) is 0 Å². The Labute approximate surface area is 79.4 Å². The number of aliphatic carboxylic acids is 2. The highest BCUT2D eigenvalue weighted by Gasteiger charge is 2.04. The molecule has 0 fully saturated rings. The molecule has 2 N–H and O–H groups in total. The summed E-state index contributed by atoms with van der Waals surface area (Å²) >= 11 is 5.54. The molecule has 0 aliphatic heterocycles. The summed E-state index contributed by atoms with van der Waals surface area (Å²) < 4.78 is 0. The molecule has 0 aliphatic carbocycles. The molecule has 0 saturated heterocycles. The van der Waals surface area contributed by atoms with E-state index in [2.05, 4.69) is 0 Å². The van der Waals surface area contributed by atoms with Crippen molar-refractivity contribution in [3.05, 3.63) is 35.4 Å². The lowest BCUT2D eigenvalue weighted by atomic mass is 10.4. The van der Waals surface area contributed by atoms with Crippen molar-refractivity contribution in [3.63, 3.8) is 0 Å². The maximum absolute atomic E-state index is 9.10. The normalized spacial score (nSPS) is 8.08. The van der Waals surface area contributed by atoms with Crippen LogP contribution in [-0.2, 0) is 9.59 Å². The van der Waals surface area contributed by atoms with Gasteiger partial charge in [-0.1, -0.05) is 29.8 Å². The van der Waals surface area contributed by atoms with Gasteiger partial charge in [0.25, 0.3) is 0 Å². The lowest BCUT2D eigenvalue weighted by Crippen LogP contribution is -2.09. The summed E-state index contributed by atoms with van der Waals surface area (Å²) in [7, 11) is 0. The number of carboxylic acids is 2. The van der Waals surface area contributed by atoms with E-state index in [1.54, 1.807) is 0 Å². The van der Waals surface area contributed by atoms with Crippen LogP contribution < -0.4 is 0 Å². The molecule has 0 saturated carbocycles. The predicted octanol–water partition coefficient (Wildman–Crippen LogP) is 1.50. The van der Waals surface area contributed by atoms with Gasteiger partial charge in [-0.25, -0.2) is 9.59 Å². The first kappa shape index (κ1) is 11.4. The van der Waals surface area contributed by atoms with Crippen LogP contribution in [-0.4, -0.2) is 22.2 Å². The molecule has 1 rings (SSSR count). The minimum absolute atomic E-state index is 0.794. The molecule has 0 bridgehead atoms. The standard InChI is InChI=1S/C6H5Cl.C2H2O4/c7-6-4-2-1-3-5-6;3-1(4)2(5)6/h1-5H;(H,3,4)(H,5,6). The van der Waals surface area contributed by atoms with Gasteiger partial charge in [0.05, 0.1) is 0 Å². The summed E-state index contributed by atoms with van der Waals surface area (Å²) in [5.41, 5.74) is 0. The monoisotopic (exact) mass is 202 g/mol. The van der Waals surface area contributed by atoms with E-state index in [0.717, 1.165) is 5.02 Å². The van der Waals surface area contributed by atoms with Gasteiger partial charge in [0.1, 0.15) is 0 Å². The molecule has 0 spiro atoms. The van der Waals surface area contributed by atoms with Crippen LogP contribution in [0.5, 0.6) is 0 Å². The van der Waals surface area contributed by atoms with Gasteiger partial charge in [-0.2, -0.15) is 0 Å². The van der Waals surface area contributed by atoms with E-state index >= 15 is 0 Å². The number of carbonyl (C=O) groups is 2. The molecule has 0 amide bonds. The zero-order valence-corrected chi connectivity index (χ0v) is 7.23. The Hall–Kier alpha value is -1.55. The second-order valence-electron chi connectivity index (χ2n) is 1.91.